The van der Waals surface area contributed by atoms with Crippen LogP contribution in [0.5, 0.6) is 0 Å². The van der Waals surface area contributed by atoms with Crippen LogP contribution < -0.4 is 11.5 Å². The summed E-state index contributed by atoms with van der Waals surface area (Å²) in [4.78, 5) is 0. The van der Waals surface area contributed by atoms with Crippen molar-refractivity contribution in [3.8, 4) is 0 Å². The third-order valence-corrected chi connectivity index (χ3v) is 4.87. The maximum Gasteiger partial charge on any atom is 0.0110 e. The first kappa shape index (κ1) is 22.9. The van der Waals surface area contributed by atoms with Crippen LogP contribution in [0.4, 0.5) is 0 Å². The van der Waals surface area contributed by atoms with Gasteiger partial charge >= 0.3 is 0 Å². The number of benzene rings is 2. The Labute approximate surface area is 169 Å². The summed E-state index contributed by atoms with van der Waals surface area (Å²) < 4.78 is 0. The third-order valence-electron chi connectivity index (χ3n) is 4.87. The molecule has 0 heterocycles. The maximum absolute atomic E-state index is 6.42. The van der Waals surface area contributed by atoms with Gasteiger partial charge in [0.1, 0.15) is 0 Å². The zero-order chi connectivity index (χ0) is 18.7. The maximum atomic E-state index is 6.42. The van der Waals surface area contributed by atoms with Gasteiger partial charge in [-0.05, 0) is 74.9 Å². The van der Waals surface area contributed by atoms with Gasteiger partial charge < -0.3 is 16.8 Å². The van der Waals surface area contributed by atoms with Crippen molar-refractivity contribution in [1.29, 1.82) is 0 Å². The number of aryl methyl sites for hydroxylation is 6. The molecule has 26 heavy (non-hydrogen) atoms. The van der Waals surface area contributed by atoms with Crippen LogP contribution in [-0.4, -0.2) is 13.1 Å². The van der Waals surface area contributed by atoms with Gasteiger partial charge in [0, 0.05) is 29.2 Å². The van der Waals surface area contributed by atoms with Crippen LogP contribution in [0.2, 0.25) is 0 Å². The molecule has 0 saturated heterocycles. The van der Waals surface area contributed by atoms with E-state index in [1.54, 1.807) is 0 Å². The molecular formula is C22H32MnN3-. The van der Waals surface area contributed by atoms with Gasteiger partial charge in [0.15, 0.2) is 0 Å². The summed E-state index contributed by atoms with van der Waals surface area (Å²) >= 11 is 0. The molecule has 1 radical (unpaired) electrons. The van der Waals surface area contributed by atoms with Crippen molar-refractivity contribution in [2.24, 2.45) is 11.5 Å². The zero-order valence-corrected chi connectivity index (χ0v) is 18.0. The van der Waals surface area contributed by atoms with E-state index in [0.29, 0.717) is 13.1 Å². The first-order valence-corrected chi connectivity index (χ1v) is 9.00. The molecule has 0 aromatic heterocycles. The molecule has 0 spiro atoms. The molecule has 4 N–H and O–H groups in total. The van der Waals surface area contributed by atoms with Crippen LogP contribution in [0, 0.1) is 41.5 Å². The molecule has 0 aliphatic rings. The number of rotatable bonds is 6. The van der Waals surface area contributed by atoms with Crippen LogP contribution in [0.1, 0.15) is 56.6 Å². The second kappa shape index (κ2) is 9.68. The van der Waals surface area contributed by atoms with Gasteiger partial charge in [0.05, 0.1) is 0 Å². The van der Waals surface area contributed by atoms with Crippen molar-refractivity contribution in [3.63, 3.8) is 0 Å². The van der Waals surface area contributed by atoms with Crippen LogP contribution >= 0.6 is 0 Å². The molecule has 2 aromatic rings. The number of nitrogens with zero attached hydrogens (tertiary/aromatic N) is 1. The summed E-state index contributed by atoms with van der Waals surface area (Å²) in [7, 11) is 0. The Kier molecular flexibility index (Phi) is 8.52. The third kappa shape index (κ3) is 5.42. The topological polar surface area (TPSA) is 66.1 Å². The second-order valence-corrected chi connectivity index (χ2v) is 7.43. The van der Waals surface area contributed by atoms with Gasteiger partial charge in [-0.3, -0.25) is 0 Å². The standard InChI is InChI=1S/C22H32N3.Mn/c1-13-7-15(3)21(16(4)8-13)19(23)11-25-12-20(24)22-17(5)9-14(2)10-18(22)6;/h7-10,19-20H,11-12,23-24H2,1-6H3;/q-1;. The number of nitrogens with two attached hydrogens (primary N) is 2. The molecule has 143 valence electrons. The van der Waals surface area contributed by atoms with Crippen molar-refractivity contribution in [3.05, 3.63) is 74.1 Å². The molecule has 0 bridgehead atoms. The Hall–Kier alpha value is -1.16. The van der Waals surface area contributed by atoms with E-state index >= 15 is 0 Å². The molecule has 2 atom stereocenters. The van der Waals surface area contributed by atoms with E-state index in [9.17, 15) is 0 Å². The van der Waals surface area contributed by atoms with E-state index in [0.717, 1.165) is 0 Å². The van der Waals surface area contributed by atoms with E-state index in [4.69, 9.17) is 11.5 Å². The summed E-state index contributed by atoms with van der Waals surface area (Å²) in [5, 5.41) is 4.68. The van der Waals surface area contributed by atoms with Crippen molar-refractivity contribution in [2.45, 2.75) is 53.6 Å². The van der Waals surface area contributed by atoms with Crippen LogP contribution in [0.15, 0.2) is 24.3 Å². The molecule has 0 aliphatic heterocycles. The van der Waals surface area contributed by atoms with E-state index in [1.165, 1.54) is 44.5 Å². The Morgan fingerprint density at radius 2 is 0.923 bits per heavy atom. The summed E-state index contributed by atoms with van der Waals surface area (Å²) in [5.41, 5.74) is 22.8. The zero-order valence-electron chi connectivity index (χ0n) is 16.9. The summed E-state index contributed by atoms with van der Waals surface area (Å²) in [6.07, 6.45) is 0. The quantitative estimate of drug-likeness (QED) is 0.704. The Balaban J connectivity index is 0.00000338. The van der Waals surface area contributed by atoms with Crippen molar-refractivity contribution >= 4 is 0 Å². The first-order chi connectivity index (χ1) is 11.7. The summed E-state index contributed by atoms with van der Waals surface area (Å²) in [5.74, 6) is 0. The molecule has 2 rings (SSSR count). The SMILES string of the molecule is Cc1cc(C)c(C(N)C[N-]CC(N)c2c(C)cc(C)cc2C)c(C)c1.[Mn]. The molecular weight excluding hydrogens is 361 g/mol. The minimum Gasteiger partial charge on any atom is -0.659 e. The molecule has 2 unspecified atom stereocenters. The fourth-order valence-corrected chi connectivity index (χ4v) is 4.09. The van der Waals surface area contributed by atoms with Gasteiger partial charge in [-0.2, -0.15) is 0 Å². The van der Waals surface area contributed by atoms with Crippen LogP contribution in [0.25, 0.3) is 5.32 Å². The monoisotopic (exact) mass is 393 g/mol. The molecule has 3 nitrogen and oxygen atoms in total. The van der Waals surface area contributed by atoms with Crippen molar-refractivity contribution < 1.29 is 17.1 Å². The van der Waals surface area contributed by atoms with Crippen LogP contribution in [-0.2, 0) is 17.1 Å². The fraction of sp³-hybridized carbons (Fsp3) is 0.455. The smallest absolute Gasteiger partial charge is 0.0110 e. The van der Waals surface area contributed by atoms with Gasteiger partial charge in [-0.1, -0.05) is 35.4 Å². The normalized spacial score (nSPS) is 13.2. The predicted octanol–water partition coefficient (Wildman–Crippen LogP) is 4.61. The summed E-state index contributed by atoms with van der Waals surface area (Å²) in [6.45, 7) is 13.9. The van der Waals surface area contributed by atoms with E-state index in [1.807, 2.05) is 0 Å². The van der Waals surface area contributed by atoms with Gasteiger partial charge in [-0.15, -0.1) is 13.1 Å². The van der Waals surface area contributed by atoms with Crippen molar-refractivity contribution in [2.75, 3.05) is 13.1 Å². The second-order valence-electron chi connectivity index (χ2n) is 7.43. The van der Waals surface area contributed by atoms with Crippen molar-refractivity contribution in [1.82, 2.24) is 0 Å². The minimum absolute atomic E-state index is 0. The molecule has 0 amide bonds. The van der Waals surface area contributed by atoms with E-state index in [-0.39, 0.29) is 29.2 Å². The molecule has 4 heteroatoms. The molecule has 0 aliphatic carbocycles. The van der Waals surface area contributed by atoms with E-state index in [2.05, 4.69) is 71.1 Å². The largest absolute Gasteiger partial charge is 0.659 e. The Morgan fingerprint density at radius 3 is 1.19 bits per heavy atom. The predicted molar refractivity (Wildman–Crippen MR) is 108 cm³/mol. The first-order valence-electron chi connectivity index (χ1n) is 9.00. The van der Waals surface area contributed by atoms with Gasteiger partial charge in [0.2, 0.25) is 0 Å². The molecule has 0 saturated carbocycles. The van der Waals surface area contributed by atoms with Gasteiger partial charge in [0.25, 0.3) is 0 Å². The minimum atomic E-state index is -0.0759. The number of hydrogen-bond donors (Lipinski definition) is 2. The van der Waals surface area contributed by atoms with E-state index < -0.39 is 0 Å². The number of hydrogen-bond acceptors (Lipinski definition) is 2. The molecule has 2 aromatic carbocycles. The van der Waals surface area contributed by atoms with Gasteiger partial charge in [-0.25, -0.2) is 0 Å². The fourth-order valence-electron chi connectivity index (χ4n) is 4.09. The average Bonchev–Trinajstić information content (AvgIpc) is 2.44. The molecule has 0 fully saturated rings. The Bertz CT molecular complexity index is 646. The Morgan fingerprint density at radius 1 is 0.654 bits per heavy atom. The average molecular weight is 393 g/mol. The van der Waals surface area contributed by atoms with Crippen LogP contribution in [0.3, 0.4) is 0 Å². The summed E-state index contributed by atoms with van der Waals surface area (Å²) in [6, 6.07) is 8.60.